The zero-order valence-electron chi connectivity index (χ0n) is 12.9. The summed E-state index contributed by atoms with van der Waals surface area (Å²) in [4.78, 5) is 14.0. The van der Waals surface area contributed by atoms with Crippen molar-refractivity contribution in [1.82, 2.24) is 5.32 Å². The maximum atomic E-state index is 11.5. The molecule has 1 atom stereocenters. The Bertz CT molecular complexity index is 595. The molecule has 2 aromatic rings. The number of esters is 1. The van der Waals surface area contributed by atoms with Gasteiger partial charge in [0, 0.05) is 9.75 Å². The lowest BCUT2D eigenvalue weighted by Gasteiger charge is -2.14. The van der Waals surface area contributed by atoms with E-state index in [0.29, 0.717) is 0 Å². The van der Waals surface area contributed by atoms with Crippen LogP contribution in [0.25, 0.3) is 0 Å². The fourth-order valence-corrected chi connectivity index (χ4v) is 3.22. The Labute approximate surface area is 129 Å². The van der Waals surface area contributed by atoms with Crippen molar-refractivity contribution in [2.24, 2.45) is 0 Å². The Kier molecular flexibility index (Phi) is 5.20. The molecule has 0 amide bonds. The van der Waals surface area contributed by atoms with E-state index in [1.54, 1.807) is 17.4 Å². The highest BCUT2D eigenvalue weighted by Crippen LogP contribution is 2.31. The fourth-order valence-electron chi connectivity index (χ4n) is 2.09. The van der Waals surface area contributed by atoms with Gasteiger partial charge in [-0.15, -0.1) is 11.3 Å². The lowest BCUT2D eigenvalue weighted by Crippen LogP contribution is -2.22. The van der Waals surface area contributed by atoms with Crippen LogP contribution in [0.4, 0.5) is 0 Å². The first-order chi connectivity index (χ1) is 10.1. The maximum Gasteiger partial charge on any atom is 0.373 e. The first-order valence-corrected chi connectivity index (χ1v) is 7.86. The van der Waals surface area contributed by atoms with E-state index in [9.17, 15) is 4.79 Å². The molecule has 114 valence electrons. The van der Waals surface area contributed by atoms with Crippen LogP contribution in [0.15, 0.2) is 22.6 Å². The third-order valence-corrected chi connectivity index (χ3v) is 4.58. The lowest BCUT2D eigenvalue weighted by atomic mass is 10.1. The van der Waals surface area contributed by atoms with E-state index in [1.165, 1.54) is 22.4 Å². The molecule has 1 unspecified atom stereocenters. The molecule has 0 saturated heterocycles. The Morgan fingerprint density at radius 1 is 1.43 bits per heavy atom. The van der Waals surface area contributed by atoms with Crippen molar-refractivity contribution in [2.75, 3.05) is 13.7 Å². The number of carbonyl (C=O) groups is 1. The van der Waals surface area contributed by atoms with Crippen LogP contribution < -0.4 is 5.32 Å². The van der Waals surface area contributed by atoms with Gasteiger partial charge in [0.2, 0.25) is 5.76 Å². The summed E-state index contributed by atoms with van der Waals surface area (Å²) in [5.74, 6) is 0.528. The fraction of sp³-hybridized carbons (Fsp3) is 0.438. The minimum Gasteiger partial charge on any atom is -0.463 e. The van der Waals surface area contributed by atoms with Gasteiger partial charge in [0.15, 0.2) is 0 Å². The van der Waals surface area contributed by atoms with E-state index in [-0.39, 0.29) is 11.8 Å². The van der Waals surface area contributed by atoms with Crippen molar-refractivity contribution >= 4 is 17.3 Å². The molecule has 0 spiro atoms. The van der Waals surface area contributed by atoms with E-state index >= 15 is 0 Å². The van der Waals surface area contributed by atoms with Crippen LogP contribution in [-0.4, -0.2) is 19.6 Å². The second-order valence-corrected chi connectivity index (χ2v) is 6.26. The summed E-state index contributed by atoms with van der Waals surface area (Å²) in [6, 6.07) is 5.65. The Balaban J connectivity index is 2.31. The second kappa shape index (κ2) is 6.91. The summed E-state index contributed by atoms with van der Waals surface area (Å²) in [7, 11) is 1.35. The summed E-state index contributed by atoms with van der Waals surface area (Å²) in [6.45, 7) is 7.22. The van der Waals surface area contributed by atoms with Gasteiger partial charge in [0.25, 0.3) is 0 Å². The lowest BCUT2D eigenvalue weighted by molar-refractivity contribution is 0.0562. The monoisotopic (exact) mass is 307 g/mol. The van der Waals surface area contributed by atoms with Crippen LogP contribution >= 0.6 is 11.3 Å². The summed E-state index contributed by atoms with van der Waals surface area (Å²) in [5, 5.41) is 3.48. The second-order valence-electron chi connectivity index (χ2n) is 4.97. The van der Waals surface area contributed by atoms with Crippen LogP contribution in [0.5, 0.6) is 0 Å². The van der Waals surface area contributed by atoms with Gasteiger partial charge in [-0.05, 0) is 50.6 Å². The molecule has 5 heteroatoms. The molecule has 0 saturated carbocycles. The predicted octanol–water partition coefficient (Wildman–Crippen LogP) is 3.83. The number of ether oxygens (including phenoxy) is 1. The highest BCUT2D eigenvalue weighted by molar-refractivity contribution is 7.12. The normalized spacial score (nSPS) is 12.4. The van der Waals surface area contributed by atoms with E-state index < -0.39 is 5.97 Å². The topological polar surface area (TPSA) is 51.5 Å². The first-order valence-electron chi connectivity index (χ1n) is 7.05. The predicted molar refractivity (Wildman–Crippen MR) is 84.0 cm³/mol. The molecule has 21 heavy (non-hydrogen) atoms. The van der Waals surface area contributed by atoms with Crippen molar-refractivity contribution in [3.63, 3.8) is 0 Å². The van der Waals surface area contributed by atoms with E-state index in [1.807, 2.05) is 6.07 Å². The molecule has 2 heterocycles. The van der Waals surface area contributed by atoms with Crippen molar-refractivity contribution < 1.29 is 13.9 Å². The van der Waals surface area contributed by atoms with Gasteiger partial charge in [-0.2, -0.15) is 0 Å². The maximum absolute atomic E-state index is 11.5. The number of furan rings is 1. The molecule has 2 rings (SSSR count). The number of hydrogen-bond donors (Lipinski definition) is 1. The highest BCUT2D eigenvalue weighted by Gasteiger charge is 2.21. The minimum absolute atomic E-state index is 0.0271. The molecular weight excluding hydrogens is 286 g/mol. The van der Waals surface area contributed by atoms with Gasteiger partial charge < -0.3 is 14.5 Å². The van der Waals surface area contributed by atoms with Gasteiger partial charge in [-0.25, -0.2) is 4.79 Å². The average Bonchev–Trinajstić information content (AvgIpc) is 3.07. The Morgan fingerprint density at radius 3 is 2.76 bits per heavy atom. The summed E-state index contributed by atoms with van der Waals surface area (Å²) in [6.07, 6.45) is 1.03. The quantitative estimate of drug-likeness (QED) is 0.824. The number of rotatable bonds is 6. The van der Waals surface area contributed by atoms with Gasteiger partial charge in [0.1, 0.15) is 11.8 Å². The molecule has 0 fully saturated rings. The molecule has 0 radical (unpaired) electrons. The third kappa shape index (κ3) is 3.54. The van der Waals surface area contributed by atoms with Crippen molar-refractivity contribution in [1.29, 1.82) is 0 Å². The molecule has 0 bridgehead atoms. The smallest absolute Gasteiger partial charge is 0.373 e. The van der Waals surface area contributed by atoms with E-state index in [0.717, 1.165) is 18.7 Å². The van der Waals surface area contributed by atoms with Crippen LogP contribution in [0.1, 0.15) is 51.0 Å². The SMILES string of the molecule is CCCNC(c1ccc(C(=O)OC)o1)c1cc(C)c(C)s1. The molecule has 1 N–H and O–H groups in total. The summed E-state index contributed by atoms with van der Waals surface area (Å²) >= 11 is 1.75. The minimum atomic E-state index is -0.450. The standard InChI is InChI=1S/C16H21NO3S/c1-5-8-17-15(14-9-10(2)11(3)21-14)12-6-7-13(20-12)16(18)19-4/h6-7,9,15,17H,5,8H2,1-4H3. The number of thiophene rings is 1. The zero-order valence-corrected chi connectivity index (χ0v) is 13.7. The van der Waals surface area contributed by atoms with Crippen LogP contribution in [-0.2, 0) is 4.74 Å². The number of hydrogen-bond acceptors (Lipinski definition) is 5. The molecule has 0 aliphatic rings. The number of aryl methyl sites for hydroxylation is 2. The molecule has 0 aliphatic heterocycles. The van der Waals surface area contributed by atoms with Crippen molar-refractivity contribution in [3.05, 3.63) is 45.0 Å². The van der Waals surface area contributed by atoms with Crippen molar-refractivity contribution in [2.45, 2.75) is 33.2 Å². The van der Waals surface area contributed by atoms with E-state index in [2.05, 4.69) is 36.9 Å². The largest absolute Gasteiger partial charge is 0.463 e. The van der Waals surface area contributed by atoms with Gasteiger partial charge in [-0.3, -0.25) is 0 Å². The number of nitrogens with one attached hydrogen (secondary N) is 1. The van der Waals surface area contributed by atoms with E-state index in [4.69, 9.17) is 4.42 Å². The molecule has 0 aliphatic carbocycles. The van der Waals surface area contributed by atoms with Gasteiger partial charge >= 0.3 is 5.97 Å². The van der Waals surface area contributed by atoms with Crippen molar-refractivity contribution in [3.8, 4) is 0 Å². The molecule has 4 nitrogen and oxygen atoms in total. The van der Waals surface area contributed by atoms with Gasteiger partial charge in [0.05, 0.1) is 7.11 Å². The summed E-state index contributed by atoms with van der Waals surface area (Å²) < 4.78 is 10.4. The number of methoxy groups -OCH3 is 1. The zero-order chi connectivity index (χ0) is 15.4. The Hall–Kier alpha value is -1.59. The third-order valence-electron chi connectivity index (χ3n) is 3.37. The van der Waals surface area contributed by atoms with Crippen LogP contribution in [0, 0.1) is 13.8 Å². The van der Waals surface area contributed by atoms with Crippen LogP contribution in [0.3, 0.4) is 0 Å². The highest BCUT2D eigenvalue weighted by atomic mass is 32.1. The van der Waals surface area contributed by atoms with Gasteiger partial charge in [-0.1, -0.05) is 6.92 Å². The Morgan fingerprint density at radius 2 is 2.19 bits per heavy atom. The summed E-state index contributed by atoms with van der Waals surface area (Å²) in [5.41, 5.74) is 1.28. The first kappa shape index (κ1) is 15.8. The number of carbonyl (C=O) groups excluding carboxylic acids is 1. The molecule has 0 aromatic carbocycles. The molecular formula is C16H21NO3S. The average molecular weight is 307 g/mol. The van der Waals surface area contributed by atoms with Crippen LogP contribution in [0.2, 0.25) is 0 Å². The molecule has 2 aromatic heterocycles.